The first kappa shape index (κ1) is 14.8. The summed E-state index contributed by atoms with van der Waals surface area (Å²) in [6.07, 6.45) is 8.08. The van der Waals surface area contributed by atoms with Crippen molar-refractivity contribution in [3.05, 3.63) is 0 Å². The van der Waals surface area contributed by atoms with E-state index in [0.29, 0.717) is 0 Å². The third kappa shape index (κ3) is 4.77. The maximum absolute atomic E-state index is 12.1. The fourth-order valence-corrected chi connectivity index (χ4v) is 3.28. The molecule has 2 aliphatic rings. The standard InChI is InChI=1S/C15H29N3O/c1-13(18-11-9-16-10-12-18)15(19)17-8-4-7-14-5-2-3-6-14/h13-14,16H,2-12H2,1H3,(H,17,19). The monoisotopic (exact) mass is 267 g/mol. The number of hydrogen-bond acceptors (Lipinski definition) is 3. The molecule has 1 atom stereocenters. The summed E-state index contributed by atoms with van der Waals surface area (Å²) in [6, 6.07) is 0.0218. The molecule has 1 unspecified atom stereocenters. The van der Waals surface area contributed by atoms with Crippen molar-refractivity contribution >= 4 is 5.91 Å². The van der Waals surface area contributed by atoms with Crippen LogP contribution in [0.2, 0.25) is 0 Å². The summed E-state index contributed by atoms with van der Waals surface area (Å²) in [6.45, 7) is 6.84. The van der Waals surface area contributed by atoms with E-state index in [1.54, 1.807) is 0 Å². The zero-order chi connectivity index (χ0) is 13.5. The predicted molar refractivity (Wildman–Crippen MR) is 78.1 cm³/mol. The van der Waals surface area contributed by atoms with Crippen LogP contribution in [0.1, 0.15) is 45.4 Å². The van der Waals surface area contributed by atoms with Crippen molar-refractivity contribution < 1.29 is 4.79 Å². The van der Waals surface area contributed by atoms with Gasteiger partial charge in [-0.15, -0.1) is 0 Å². The van der Waals surface area contributed by atoms with Gasteiger partial charge in [0.25, 0.3) is 0 Å². The normalized spacial score (nSPS) is 23.4. The second-order valence-corrected chi connectivity index (χ2v) is 6.05. The Morgan fingerprint density at radius 2 is 2.00 bits per heavy atom. The summed E-state index contributed by atoms with van der Waals surface area (Å²) in [4.78, 5) is 14.3. The molecule has 4 heteroatoms. The number of rotatable bonds is 6. The van der Waals surface area contributed by atoms with Crippen molar-refractivity contribution in [2.45, 2.75) is 51.5 Å². The molecule has 2 rings (SSSR count). The first-order valence-electron chi connectivity index (χ1n) is 8.00. The maximum atomic E-state index is 12.1. The average Bonchev–Trinajstić information content (AvgIpc) is 2.96. The van der Waals surface area contributed by atoms with Crippen LogP contribution >= 0.6 is 0 Å². The van der Waals surface area contributed by atoms with Crippen LogP contribution in [0.25, 0.3) is 0 Å². The Morgan fingerprint density at radius 3 is 2.68 bits per heavy atom. The number of hydrogen-bond donors (Lipinski definition) is 2. The van der Waals surface area contributed by atoms with Crippen LogP contribution < -0.4 is 10.6 Å². The molecule has 0 radical (unpaired) electrons. The van der Waals surface area contributed by atoms with Crippen molar-refractivity contribution in [1.29, 1.82) is 0 Å². The summed E-state index contributed by atoms with van der Waals surface area (Å²) < 4.78 is 0. The van der Waals surface area contributed by atoms with E-state index in [1.807, 2.05) is 6.92 Å². The predicted octanol–water partition coefficient (Wildman–Crippen LogP) is 1.37. The van der Waals surface area contributed by atoms with Crippen LogP contribution in [0, 0.1) is 5.92 Å². The molecule has 2 fully saturated rings. The van der Waals surface area contributed by atoms with Gasteiger partial charge in [0, 0.05) is 32.7 Å². The van der Waals surface area contributed by atoms with E-state index in [2.05, 4.69) is 15.5 Å². The fourth-order valence-electron chi connectivity index (χ4n) is 3.28. The van der Waals surface area contributed by atoms with Crippen LogP contribution in [-0.4, -0.2) is 49.6 Å². The molecule has 1 saturated heterocycles. The Morgan fingerprint density at radius 1 is 1.32 bits per heavy atom. The lowest BCUT2D eigenvalue weighted by Crippen LogP contribution is -2.52. The van der Waals surface area contributed by atoms with Crippen molar-refractivity contribution in [1.82, 2.24) is 15.5 Å². The quantitative estimate of drug-likeness (QED) is 0.714. The number of nitrogens with one attached hydrogen (secondary N) is 2. The molecular weight excluding hydrogens is 238 g/mol. The summed E-state index contributed by atoms with van der Waals surface area (Å²) in [7, 11) is 0. The zero-order valence-electron chi connectivity index (χ0n) is 12.3. The van der Waals surface area contributed by atoms with E-state index < -0.39 is 0 Å². The Balaban J connectivity index is 1.57. The minimum absolute atomic E-state index is 0.0218. The first-order chi connectivity index (χ1) is 9.27. The van der Waals surface area contributed by atoms with Gasteiger partial charge >= 0.3 is 0 Å². The lowest BCUT2D eigenvalue weighted by atomic mass is 10.0. The highest BCUT2D eigenvalue weighted by molar-refractivity contribution is 5.81. The first-order valence-corrected chi connectivity index (χ1v) is 8.00. The molecule has 1 aliphatic heterocycles. The van der Waals surface area contributed by atoms with Crippen LogP contribution in [0.4, 0.5) is 0 Å². The zero-order valence-corrected chi connectivity index (χ0v) is 12.3. The second-order valence-electron chi connectivity index (χ2n) is 6.05. The molecule has 110 valence electrons. The van der Waals surface area contributed by atoms with Crippen LogP contribution in [0.15, 0.2) is 0 Å². The molecule has 2 N–H and O–H groups in total. The molecular formula is C15H29N3O. The maximum Gasteiger partial charge on any atom is 0.237 e. The van der Waals surface area contributed by atoms with Gasteiger partial charge in [-0.05, 0) is 25.7 Å². The van der Waals surface area contributed by atoms with Gasteiger partial charge in [-0.2, -0.15) is 0 Å². The third-order valence-corrected chi connectivity index (χ3v) is 4.64. The van der Waals surface area contributed by atoms with Crippen molar-refractivity contribution in [3.8, 4) is 0 Å². The summed E-state index contributed by atoms with van der Waals surface area (Å²) in [5.41, 5.74) is 0. The van der Waals surface area contributed by atoms with E-state index in [1.165, 1.54) is 32.1 Å². The van der Waals surface area contributed by atoms with Gasteiger partial charge in [0.1, 0.15) is 0 Å². The van der Waals surface area contributed by atoms with E-state index in [9.17, 15) is 4.79 Å². The minimum atomic E-state index is 0.0218. The lowest BCUT2D eigenvalue weighted by molar-refractivity contribution is -0.126. The SMILES string of the molecule is CC(C(=O)NCCCC1CCCC1)N1CCNCC1. The van der Waals surface area contributed by atoms with Crippen LogP contribution in [0.3, 0.4) is 0 Å². The Labute approximate surface area is 117 Å². The highest BCUT2D eigenvalue weighted by Gasteiger charge is 2.22. The van der Waals surface area contributed by atoms with Crippen molar-refractivity contribution in [2.75, 3.05) is 32.7 Å². The van der Waals surface area contributed by atoms with Gasteiger partial charge in [0.05, 0.1) is 6.04 Å². The largest absolute Gasteiger partial charge is 0.355 e. The molecule has 19 heavy (non-hydrogen) atoms. The van der Waals surface area contributed by atoms with E-state index >= 15 is 0 Å². The van der Waals surface area contributed by atoms with Gasteiger partial charge in [-0.1, -0.05) is 25.7 Å². The molecule has 0 aromatic rings. The third-order valence-electron chi connectivity index (χ3n) is 4.64. The topological polar surface area (TPSA) is 44.4 Å². The van der Waals surface area contributed by atoms with Gasteiger partial charge in [0.15, 0.2) is 0 Å². The fraction of sp³-hybridized carbons (Fsp3) is 0.933. The molecule has 1 saturated carbocycles. The minimum Gasteiger partial charge on any atom is -0.355 e. The summed E-state index contributed by atoms with van der Waals surface area (Å²) in [5.74, 6) is 1.14. The molecule has 0 bridgehead atoms. The number of amides is 1. The molecule has 1 heterocycles. The number of carbonyl (C=O) groups is 1. The van der Waals surface area contributed by atoms with E-state index in [4.69, 9.17) is 0 Å². The molecule has 1 amide bonds. The Kier molecular flexibility index (Phi) is 6.11. The van der Waals surface area contributed by atoms with Gasteiger partial charge in [-0.25, -0.2) is 0 Å². The van der Waals surface area contributed by atoms with Crippen LogP contribution in [-0.2, 0) is 4.79 Å². The summed E-state index contributed by atoms with van der Waals surface area (Å²) >= 11 is 0. The smallest absolute Gasteiger partial charge is 0.237 e. The highest BCUT2D eigenvalue weighted by Crippen LogP contribution is 2.28. The lowest BCUT2D eigenvalue weighted by Gasteiger charge is -2.31. The van der Waals surface area contributed by atoms with Crippen LogP contribution in [0.5, 0.6) is 0 Å². The Hall–Kier alpha value is -0.610. The number of nitrogens with zero attached hydrogens (tertiary/aromatic N) is 1. The van der Waals surface area contributed by atoms with E-state index in [0.717, 1.165) is 45.1 Å². The summed E-state index contributed by atoms with van der Waals surface area (Å²) in [5, 5.41) is 6.42. The Bertz CT molecular complexity index is 271. The molecule has 0 aromatic heterocycles. The number of piperazine rings is 1. The molecule has 4 nitrogen and oxygen atoms in total. The van der Waals surface area contributed by atoms with Gasteiger partial charge in [-0.3, -0.25) is 9.69 Å². The number of carbonyl (C=O) groups excluding carboxylic acids is 1. The van der Waals surface area contributed by atoms with E-state index in [-0.39, 0.29) is 11.9 Å². The second kappa shape index (κ2) is 7.85. The molecule has 1 aliphatic carbocycles. The van der Waals surface area contributed by atoms with Crippen molar-refractivity contribution in [3.63, 3.8) is 0 Å². The average molecular weight is 267 g/mol. The van der Waals surface area contributed by atoms with Gasteiger partial charge in [0.2, 0.25) is 5.91 Å². The van der Waals surface area contributed by atoms with Gasteiger partial charge < -0.3 is 10.6 Å². The highest BCUT2D eigenvalue weighted by atomic mass is 16.2. The molecule has 0 aromatic carbocycles. The van der Waals surface area contributed by atoms with Crippen molar-refractivity contribution in [2.24, 2.45) is 5.92 Å². The molecule has 0 spiro atoms.